The SMILES string of the molecule is CCOC(=O)[C@]1(CC)CCc2c(sc3ncnc(Nc4cc5c(cc4OC)CN=C5)c23)C1.CC[C@@]1(C(=O)O)CCc2c(sc3ncnc(Nc4cc5c(cc4OC)CN=C5)c23)C1. The Morgan fingerprint density at radius 3 is 1.65 bits per heavy atom. The lowest BCUT2D eigenvalue weighted by atomic mass is 9.72. The molecular formula is C46H48N8O6S2. The number of aliphatic imine (C=N–C) groups is 2. The Labute approximate surface area is 366 Å². The number of ether oxygens (including phenoxy) is 3. The molecule has 0 saturated heterocycles. The number of esters is 1. The van der Waals surface area contributed by atoms with Crippen LogP contribution in [0.5, 0.6) is 11.5 Å². The van der Waals surface area contributed by atoms with E-state index in [1.807, 2.05) is 44.5 Å². The number of nitrogens with zero attached hydrogens (tertiary/aromatic N) is 6. The maximum absolute atomic E-state index is 12.8. The van der Waals surface area contributed by atoms with Crippen molar-refractivity contribution in [2.24, 2.45) is 20.8 Å². The van der Waals surface area contributed by atoms with Crippen LogP contribution in [0.15, 0.2) is 46.9 Å². The smallest absolute Gasteiger partial charge is 0.312 e. The van der Waals surface area contributed by atoms with E-state index in [1.54, 1.807) is 49.5 Å². The molecule has 0 saturated carbocycles. The lowest BCUT2D eigenvalue weighted by Crippen LogP contribution is -2.37. The van der Waals surface area contributed by atoms with E-state index in [9.17, 15) is 14.7 Å². The van der Waals surface area contributed by atoms with E-state index in [2.05, 4.69) is 53.5 Å². The second kappa shape index (κ2) is 16.7. The summed E-state index contributed by atoms with van der Waals surface area (Å²) in [5.41, 5.74) is 7.42. The molecule has 0 amide bonds. The highest BCUT2D eigenvalue weighted by molar-refractivity contribution is 7.19. The van der Waals surface area contributed by atoms with Gasteiger partial charge in [0.05, 0.1) is 66.9 Å². The number of aromatic nitrogens is 4. The fraction of sp³-hybridized carbons (Fsp3) is 0.391. The van der Waals surface area contributed by atoms with Gasteiger partial charge in [0, 0.05) is 22.2 Å². The normalized spacial score (nSPS) is 19.2. The number of rotatable bonds is 11. The van der Waals surface area contributed by atoms with Crippen molar-refractivity contribution in [3.05, 3.63) is 80.1 Å². The fourth-order valence-corrected chi connectivity index (χ4v) is 11.9. The molecule has 62 heavy (non-hydrogen) atoms. The van der Waals surface area contributed by atoms with Gasteiger partial charge in [-0.2, -0.15) is 0 Å². The Balaban J connectivity index is 0.000000158. The number of carbonyl (C=O) groups excluding carboxylic acids is 1. The zero-order chi connectivity index (χ0) is 43.2. The van der Waals surface area contributed by atoms with E-state index in [0.717, 1.165) is 101 Å². The molecule has 4 aromatic heterocycles. The minimum Gasteiger partial charge on any atom is -0.495 e. The third-order valence-electron chi connectivity index (χ3n) is 13.0. The first-order valence-electron chi connectivity index (χ1n) is 21.0. The van der Waals surface area contributed by atoms with Crippen LogP contribution in [0.2, 0.25) is 0 Å². The minimum absolute atomic E-state index is 0.0837. The lowest BCUT2D eigenvalue weighted by molar-refractivity contribution is -0.156. The molecule has 6 aromatic rings. The first-order valence-corrected chi connectivity index (χ1v) is 22.6. The number of aliphatic carboxylic acids is 1. The van der Waals surface area contributed by atoms with Gasteiger partial charge >= 0.3 is 11.9 Å². The van der Waals surface area contributed by atoms with Crippen molar-refractivity contribution in [1.29, 1.82) is 0 Å². The number of carboxylic acid groups (broad SMARTS) is 1. The molecule has 14 nitrogen and oxygen atoms in total. The molecule has 0 bridgehead atoms. The largest absolute Gasteiger partial charge is 0.495 e. The number of hydrogen-bond donors (Lipinski definition) is 3. The predicted octanol–water partition coefficient (Wildman–Crippen LogP) is 9.17. The van der Waals surface area contributed by atoms with Crippen LogP contribution < -0.4 is 20.1 Å². The third kappa shape index (κ3) is 7.21. The summed E-state index contributed by atoms with van der Waals surface area (Å²) in [5.74, 6) is 2.20. The van der Waals surface area contributed by atoms with Crippen molar-refractivity contribution in [2.75, 3.05) is 31.5 Å². The summed E-state index contributed by atoms with van der Waals surface area (Å²) in [7, 11) is 3.32. The van der Waals surface area contributed by atoms with E-state index in [0.29, 0.717) is 51.8 Å². The van der Waals surface area contributed by atoms with Crippen molar-refractivity contribution in [3.8, 4) is 11.5 Å². The number of aryl methyl sites for hydroxylation is 2. The molecule has 4 aliphatic rings. The molecular weight excluding hydrogens is 825 g/mol. The Kier molecular flexibility index (Phi) is 11.1. The van der Waals surface area contributed by atoms with Gasteiger partial charge in [-0.1, -0.05) is 13.8 Å². The standard InChI is InChI=1S/C24H26N4O3S.C22H22N4O3S/c1-4-24(23(29)31-5-2)7-6-16-19(10-24)32-22-20(16)21(26-13-27-22)28-17-8-14-11-25-12-15(14)9-18(17)30-3;1-3-22(21(27)28)5-4-14-17(8-22)30-20-18(14)19(24-11-25-20)26-15-6-12-9-23-10-13(12)7-16(15)29-2/h8-9,11,13H,4-7,10,12H2,1-3H3,(H,26,27,28);6-7,9,11H,3-5,8,10H2,1-2H3,(H,27,28)(H,24,25,26)/t24-;22-/m11/s1. The van der Waals surface area contributed by atoms with Gasteiger partial charge in [-0.15, -0.1) is 22.7 Å². The number of anilines is 4. The molecule has 0 radical (unpaired) electrons. The summed E-state index contributed by atoms with van der Waals surface area (Å²) in [6, 6.07) is 8.12. The number of thiophene rings is 2. The van der Waals surface area contributed by atoms with Gasteiger partial charge in [0.25, 0.3) is 0 Å². The van der Waals surface area contributed by atoms with Gasteiger partial charge in [-0.3, -0.25) is 19.6 Å². The first kappa shape index (κ1) is 41.4. The zero-order valence-corrected chi connectivity index (χ0v) is 37.0. The molecule has 2 atom stereocenters. The van der Waals surface area contributed by atoms with E-state index < -0.39 is 16.8 Å². The molecule has 0 fully saturated rings. The van der Waals surface area contributed by atoms with E-state index >= 15 is 0 Å². The number of fused-ring (bicyclic) bond motifs is 8. The Bertz CT molecular complexity index is 2820. The quantitative estimate of drug-likeness (QED) is 0.105. The second-order valence-electron chi connectivity index (χ2n) is 16.2. The molecule has 3 N–H and O–H groups in total. The van der Waals surface area contributed by atoms with Gasteiger partial charge in [0.2, 0.25) is 0 Å². The van der Waals surface area contributed by atoms with Crippen LogP contribution >= 0.6 is 22.7 Å². The molecule has 6 heterocycles. The van der Waals surface area contributed by atoms with Gasteiger partial charge in [-0.25, -0.2) is 19.9 Å². The van der Waals surface area contributed by atoms with Crippen LogP contribution in [0.4, 0.5) is 23.0 Å². The van der Waals surface area contributed by atoms with E-state index in [4.69, 9.17) is 14.2 Å². The Morgan fingerprint density at radius 1 is 0.710 bits per heavy atom. The summed E-state index contributed by atoms with van der Waals surface area (Å²) in [5, 5.41) is 18.8. The maximum atomic E-state index is 12.8. The minimum atomic E-state index is -0.706. The summed E-state index contributed by atoms with van der Waals surface area (Å²) >= 11 is 3.24. The van der Waals surface area contributed by atoms with Crippen molar-refractivity contribution >= 4 is 90.5 Å². The van der Waals surface area contributed by atoms with Crippen molar-refractivity contribution in [3.63, 3.8) is 0 Å². The molecule has 2 aromatic carbocycles. The fourth-order valence-electron chi connectivity index (χ4n) is 9.20. The maximum Gasteiger partial charge on any atom is 0.312 e. The van der Waals surface area contributed by atoms with Gasteiger partial charge in [0.1, 0.15) is 45.5 Å². The van der Waals surface area contributed by atoms with Crippen LogP contribution in [0.3, 0.4) is 0 Å². The predicted molar refractivity (Wildman–Crippen MR) is 244 cm³/mol. The van der Waals surface area contributed by atoms with Crippen molar-refractivity contribution in [2.45, 2.75) is 85.2 Å². The molecule has 16 heteroatoms. The monoisotopic (exact) mass is 872 g/mol. The molecule has 320 valence electrons. The summed E-state index contributed by atoms with van der Waals surface area (Å²) in [6.45, 7) is 7.66. The summed E-state index contributed by atoms with van der Waals surface area (Å²) in [6.07, 6.45) is 12.5. The van der Waals surface area contributed by atoms with Crippen LogP contribution in [-0.2, 0) is 53.1 Å². The van der Waals surface area contributed by atoms with E-state index in [-0.39, 0.29) is 5.97 Å². The molecule has 0 unspecified atom stereocenters. The molecule has 0 spiro atoms. The van der Waals surface area contributed by atoms with Gasteiger partial charge in [-0.05, 0) is 116 Å². The highest BCUT2D eigenvalue weighted by Crippen LogP contribution is 2.48. The van der Waals surface area contributed by atoms with Crippen LogP contribution in [-0.4, -0.2) is 70.2 Å². The second-order valence-corrected chi connectivity index (χ2v) is 18.3. The molecule has 2 aliphatic heterocycles. The number of nitrogens with one attached hydrogen (secondary N) is 2. The van der Waals surface area contributed by atoms with Gasteiger partial charge < -0.3 is 30.0 Å². The highest BCUT2D eigenvalue weighted by Gasteiger charge is 2.43. The van der Waals surface area contributed by atoms with Crippen LogP contribution in [0.1, 0.15) is 89.6 Å². The zero-order valence-electron chi connectivity index (χ0n) is 35.4. The Hall–Kier alpha value is -6.00. The number of methoxy groups -OCH3 is 2. The molecule has 2 aliphatic carbocycles. The number of carboxylic acids is 1. The highest BCUT2D eigenvalue weighted by atomic mass is 32.1. The average molecular weight is 873 g/mol. The molecule has 10 rings (SSSR count). The average Bonchev–Trinajstić information content (AvgIpc) is 4.10. The number of hydrogen-bond acceptors (Lipinski definition) is 15. The number of benzene rings is 2. The van der Waals surface area contributed by atoms with Crippen molar-refractivity contribution < 1.29 is 28.9 Å². The number of carbonyl (C=O) groups is 2. The lowest BCUT2D eigenvalue weighted by Gasteiger charge is -2.33. The van der Waals surface area contributed by atoms with E-state index in [1.165, 1.54) is 16.0 Å². The summed E-state index contributed by atoms with van der Waals surface area (Å²) < 4.78 is 16.7. The summed E-state index contributed by atoms with van der Waals surface area (Å²) in [4.78, 5) is 55.6. The van der Waals surface area contributed by atoms with Crippen molar-refractivity contribution in [1.82, 2.24) is 19.9 Å². The third-order valence-corrected chi connectivity index (χ3v) is 15.3. The topological polar surface area (TPSA) is 182 Å². The van der Waals surface area contributed by atoms with Crippen LogP contribution in [0, 0.1) is 10.8 Å². The Morgan fingerprint density at radius 2 is 1.19 bits per heavy atom. The van der Waals surface area contributed by atoms with Gasteiger partial charge in [0.15, 0.2) is 0 Å². The van der Waals surface area contributed by atoms with Crippen LogP contribution in [0.25, 0.3) is 20.4 Å². The first-order chi connectivity index (χ1) is 30.1.